The first-order chi connectivity index (χ1) is 10.2. The molecule has 0 saturated carbocycles. The zero-order chi connectivity index (χ0) is 15.1. The van der Waals surface area contributed by atoms with E-state index >= 15 is 0 Å². The first-order valence-electron chi connectivity index (χ1n) is 6.96. The van der Waals surface area contributed by atoms with E-state index in [0.717, 1.165) is 25.2 Å². The number of halogens is 1. The van der Waals surface area contributed by atoms with Gasteiger partial charge in [0.15, 0.2) is 0 Å². The molecule has 110 valence electrons. The van der Waals surface area contributed by atoms with Crippen molar-refractivity contribution in [2.75, 3.05) is 17.2 Å². The van der Waals surface area contributed by atoms with Crippen molar-refractivity contribution in [1.29, 1.82) is 0 Å². The van der Waals surface area contributed by atoms with Crippen molar-refractivity contribution >= 4 is 29.0 Å². The Morgan fingerprint density at radius 2 is 2.05 bits per heavy atom. The second-order valence-electron chi connectivity index (χ2n) is 4.65. The number of hydrogen-bond donors (Lipinski definition) is 2. The van der Waals surface area contributed by atoms with Crippen LogP contribution in [0.4, 0.5) is 11.5 Å². The van der Waals surface area contributed by atoms with Gasteiger partial charge in [0.1, 0.15) is 5.82 Å². The van der Waals surface area contributed by atoms with Crippen LogP contribution >= 0.6 is 11.6 Å². The highest BCUT2D eigenvalue weighted by molar-refractivity contribution is 6.34. The standard InChI is InChI=1S/C16H18ClN3O/c1-2-3-10-18-15-9-8-12(11-19-15)20-16(21)13-6-4-5-7-14(13)17/h4-9,11H,2-3,10H2,1H3,(H,18,19)(H,20,21). The van der Waals surface area contributed by atoms with Crippen LogP contribution in [0.1, 0.15) is 30.1 Å². The summed E-state index contributed by atoms with van der Waals surface area (Å²) >= 11 is 6.00. The third-order valence-corrected chi connectivity index (χ3v) is 3.31. The molecule has 0 saturated heterocycles. The van der Waals surface area contributed by atoms with Crippen LogP contribution in [0.15, 0.2) is 42.6 Å². The van der Waals surface area contributed by atoms with E-state index in [9.17, 15) is 4.79 Å². The van der Waals surface area contributed by atoms with Gasteiger partial charge in [-0.3, -0.25) is 4.79 Å². The van der Waals surface area contributed by atoms with Gasteiger partial charge in [0, 0.05) is 6.54 Å². The van der Waals surface area contributed by atoms with E-state index in [2.05, 4.69) is 22.5 Å². The second kappa shape index (κ2) is 7.64. The van der Waals surface area contributed by atoms with Crippen molar-refractivity contribution in [1.82, 2.24) is 4.98 Å². The Kier molecular flexibility index (Phi) is 5.58. The minimum atomic E-state index is -0.242. The predicted octanol–water partition coefficient (Wildman–Crippen LogP) is 4.20. The van der Waals surface area contributed by atoms with E-state index < -0.39 is 0 Å². The molecule has 1 aromatic carbocycles. The van der Waals surface area contributed by atoms with Crippen molar-refractivity contribution in [3.8, 4) is 0 Å². The number of rotatable bonds is 6. The molecule has 0 radical (unpaired) electrons. The van der Waals surface area contributed by atoms with Crippen LogP contribution in [0.5, 0.6) is 0 Å². The van der Waals surface area contributed by atoms with Crippen LogP contribution in [0, 0.1) is 0 Å². The number of pyridine rings is 1. The molecule has 0 atom stereocenters. The van der Waals surface area contributed by atoms with Crippen molar-refractivity contribution in [3.05, 3.63) is 53.2 Å². The molecule has 0 aliphatic carbocycles. The SMILES string of the molecule is CCCCNc1ccc(NC(=O)c2ccccc2Cl)cn1. The maximum Gasteiger partial charge on any atom is 0.257 e. The summed E-state index contributed by atoms with van der Waals surface area (Å²) in [6.45, 7) is 3.04. The van der Waals surface area contributed by atoms with Gasteiger partial charge < -0.3 is 10.6 Å². The second-order valence-corrected chi connectivity index (χ2v) is 5.05. The Bertz CT molecular complexity index is 599. The highest BCUT2D eigenvalue weighted by Crippen LogP contribution is 2.17. The Balaban J connectivity index is 1.97. The molecule has 0 aliphatic rings. The van der Waals surface area contributed by atoms with Gasteiger partial charge in [0.2, 0.25) is 0 Å². The van der Waals surface area contributed by atoms with Crippen LogP contribution < -0.4 is 10.6 Å². The molecule has 1 aromatic heterocycles. The Morgan fingerprint density at radius 3 is 2.71 bits per heavy atom. The highest BCUT2D eigenvalue weighted by Gasteiger charge is 2.09. The molecule has 21 heavy (non-hydrogen) atoms. The lowest BCUT2D eigenvalue weighted by Crippen LogP contribution is -2.12. The quantitative estimate of drug-likeness (QED) is 0.786. The molecule has 0 fully saturated rings. The number of nitrogens with one attached hydrogen (secondary N) is 2. The number of carbonyl (C=O) groups is 1. The summed E-state index contributed by atoms with van der Waals surface area (Å²) < 4.78 is 0. The summed E-state index contributed by atoms with van der Waals surface area (Å²) in [5.74, 6) is 0.563. The summed E-state index contributed by atoms with van der Waals surface area (Å²) in [7, 11) is 0. The van der Waals surface area contributed by atoms with Gasteiger partial charge in [-0.25, -0.2) is 4.98 Å². The summed E-state index contributed by atoms with van der Waals surface area (Å²) in [5, 5.41) is 6.43. The molecular weight excluding hydrogens is 286 g/mol. The van der Waals surface area contributed by atoms with E-state index in [-0.39, 0.29) is 5.91 Å². The minimum Gasteiger partial charge on any atom is -0.370 e. The lowest BCUT2D eigenvalue weighted by molar-refractivity contribution is 0.102. The fourth-order valence-corrected chi connectivity index (χ4v) is 2.03. The number of aromatic nitrogens is 1. The molecule has 0 unspecified atom stereocenters. The fraction of sp³-hybridized carbons (Fsp3) is 0.250. The molecule has 0 spiro atoms. The number of anilines is 2. The van der Waals surface area contributed by atoms with Crippen LogP contribution in [0.25, 0.3) is 0 Å². The molecule has 0 bridgehead atoms. The topological polar surface area (TPSA) is 54.0 Å². The number of benzene rings is 1. The van der Waals surface area contributed by atoms with Gasteiger partial charge in [-0.15, -0.1) is 0 Å². The zero-order valence-electron chi connectivity index (χ0n) is 11.9. The summed E-state index contributed by atoms with van der Waals surface area (Å²) in [6.07, 6.45) is 3.87. The van der Waals surface area contributed by atoms with E-state index in [0.29, 0.717) is 16.3 Å². The van der Waals surface area contributed by atoms with E-state index in [4.69, 9.17) is 11.6 Å². The van der Waals surface area contributed by atoms with Gasteiger partial charge in [-0.1, -0.05) is 37.1 Å². The molecule has 1 amide bonds. The number of unbranched alkanes of at least 4 members (excludes halogenated alkanes) is 1. The van der Waals surface area contributed by atoms with Crippen LogP contribution in [-0.2, 0) is 0 Å². The molecule has 5 heteroatoms. The lowest BCUT2D eigenvalue weighted by atomic mass is 10.2. The zero-order valence-corrected chi connectivity index (χ0v) is 12.7. The first-order valence-corrected chi connectivity index (χ1v) is 7.34. The molecular formula is C16H18ClN3O. The summed E-state index contributed by atoms with van der Waals surface area (Å²) in [5.41, 5.74) is 1.09. The highest BCUT2D eigenvalue weighted by atomic mass is 35.5. The predicted molar refractivity (Wildman–Crippen MR) is 87.0 cm³/mol. The largest absolute Gasteiger partial charge is 0.370 e. The Morgan fingerprint density at radius 1 is 1.24 bits per heavy atom. The van der Waals surface area contributed by atoms with Gasteiger partial charge in [-0.2, -0.15) is 0 Å². The Hall–Kier alpha value is -2.07. The average molecular weight is 304 g/mol. The molecule has 2 rings (SSSR count). The monoisotopic (exact) mass is 303 g/mol. The number of amides is 1. The van der Waals surface area contributed by atoms with Crippen LogP contribution in [-0.4, -0.2) is 17.4 Å². The van der Waals surface area contributed by atoms with Crippen molar-refractivity contribution in [2.45, 2.75) is 19.8 Å². The molecule has 0 aliphatic heterocycles. The fourth-order valence-electron chi connectivity index (χ4n) is 1.81. The van der Waals surface area contributed by atoms with Crippen molar-refractivity contribution < 1.29 is 4.79 Å². The maximum absolute atomic E-state index is 12.1. The van der Waals surface area contributed by atoms with E-state index in [1.54, 1.807) is 30.5 Å². The average Bonchev–Trinajstić information content (AvgIpc) is 2.49. The molecule has 2 aromatic rings. The normalized spacial score (nSPS) is 10.2. The summed E-state index contributed by atoms with van der Waals surface area (Å²) in [4.78, 5) is 16.4. The number of hydrogen-bond acceptors (Lipinski definition) is 3. The maximum atomic E-state index is 12.1. The van der Waals surface area contributed by atoms with Gasteiger partial charge >= 0.3 is 0 Å². The van der Waals surface area contributed by atoms with Gasteiger partial charge in [-0.05, 0) is 30.7 Å². The van der Waals surface area contributed by atoms with Crippen LogP contribution in [0.3, 0.4) is 0 Å². The van der Waals surface area contributed by atoms with Crippen molar-refractivity contribution in [2.24, 2.45) is 0 Å². The Labute approximate surface area is 129 Å². The van der Waals surface area contributed by atoms with Gasteiger partial charge in [0.05, 0.1) is 22.5 Å². The van der Waals surface area contributed by atoms with Crippen molar-refractivity contribution in [3.63, 3.8) is 0 Å². The number of nitrogens with zero attached hydrogens (tertiary/aromatic N) is 1. The third-order valence-electron chi connectivity index (χ3n) is 2.98. The lowest BCUT2D eigenvalue weighted by Gasteiger charge is -2.08. The van der Waals surface area contributed by atoms with Crippen LogP contribution in [0.2, 0.25) is 5.02 Å². The molecule has 1 heterocycles. The first kappa shape index (κ1) is 15.3. The number of carbonyl (C=O) groups excluding carboxylic acids is 1. The molecule has 2 N–H and O–H groups in total. The van der Waals surface area contributed by atoms with Gasteiger partial charge in [0.25, 0.3) is 5.91 Å². The van der Waals surface area contributed by atoms with E-state index in [1.165, 1.54) is 0 Å². The molecule has 4 nitrogen and oxygen atoms in total. The van der Waals surface area contributed by atoms with E-state index in [1.807, 2.05) is 12.1 Å². The smallest absolute Gasteiger partial charge is 0.257 e. The minimum absolute atomic E-state index is 0.242. The summed E-state index contributed by atoms with van der Waals surface area (Å²) in [6, 6.07) is 10.6. The third kappa shape index (κ3) is 4.46.